The fraction of sp³-hybridized carbons (Fsp3) is 0.600. The maximum absolute atomic E-state index is 10.3. The van der Waals surface area contributed by atoms with Crippen LogP contribution in [0.4, 0.5) is 0 Å². The molecule has 0 fully saturated rings. The Morgan fingerprint density at radius 3 is 2.78 bits per heavy atom. The molecule has 0 saturated carbocycles. The van der Waals surface area contributed by atoms with E-state index in [4.69, 9.17) is 5.73 Å². The molecule has 0 bridgehead atoms. The lowest BCUT2D eigenvalue weighted by atomic mass is 10.2. The Bertz CT molecular complexity index is 114. The van der Waals surface area contributed by atoms with Gasteiger partial charge in [0.25, 0.3) is 0 Å². The van der Waals surface area contributed by atoms with E-state index in [9.17, 15) is 9.59 Å². The zero-order valence-corrected chi connectivity index (χ0v) is 5.26. The van der Waals surface area contributed by atoms with Crippen LogP contribution in [0.2, 0.25) is 0 Å². The number of nitrogens with two attached hydrogens (primary N) is 1. The van der Waals surface area contributed by atoms with Crippen LogP contribution in [0.25, 0.3) is 0 Å². The molecular formula is C5H10N2O2. The molecule has 0 aromatic carbocycles. The van der Waals surface area contributed by atoms with Crippen molar-refractivity contribution in [1.82, 2.24) is 5.32 Å². The van der Waals surface area contributed by atoms with Crippen molar-refractivity contribution in [3.63, 3.8) is 0 Å². The van der Waals surface area contributed by atoms with Gasteiger partial charge in [0, 0.05) is 6.54 Å². The minimum Gasteiger partial charge on any atom is -0.369 e. The molecular weight excluding hydrogens is 120 g/mol. The molecule has 4 nitrogen and oxygen atoms in total. The molecule has 0 spiro atoms. The number of amides is 2. The second-order valence-corrected chi connectivity index (χ2v) is 1.83. The van der Waals surface area contributed by atoms with Gasteiger partial charge < -0.3 is 11.1 Å². The van der Waals surface area contributed by atoms with Crippen LogP contribution in [-0.2, 0) is 9.59 Å². The van der Waals surface area contributed by atoms with Gasteiger partial charge >= 0.3 is 0 Å². The highest BCUT2D eigenvalue weighted by molar-refractivity contribution is 5.76. The molecule has 3 N–H and O–H groups in total. The van der Waals surface area contributed by atoms with Crippen LogP contribution < -0.4 is 11.1 Å². The molecule has 4 heteroatoms. The number of nitrogens with one attached hydrogen (secondary N) is 1. The van der Waals surface area contributed by atoms with E-state index in [0.717, 1.165) is 0 Å². The van der Waals surface area contributed by atoms with Gasteiger partial charge in [-0.05, 0) is 0 Å². The number of primary amides is 1. The van der Waals surface area contributed by atoms with Gasteiger partial charge in [0.05, 0.1) is 5.92 Å². The molecule has 0 aliphatic carbocycles. The highest BCUT2D eigenvalue weighted by Gasteiger charge is 2.05. The van der Waals surface area contributed by atoms with E-state index in [-0.39, 0.29) is 5.92 Å². The first-order valence-electron chi connectivity index (χ1n) is 2.65. The Hall–Kier alpha value is -1.06. The summed E-state index contributed by atoms with van der Waals surface area (Å²) in [5.74, 6) is -0.681. The molecule has 9 heavy (non-hydrogen) atoms. The normalized spacial score (nSPS) is 12.1. The van der Waals surface area contributed by atoms with Crippen molar-refractivity contribution in [2.24, 2.45) is 11.7 Å². The summed E-state index contributed by atoms with van der Waals surface area (Å²) in [6, 6.07) is 0. The Balaban J connectivity index is 3.37. The van der Waals surface area contributed by atoms with Crippen molar-refractivity contribution >= 4 is 12.3 Å². The van der Waals surface area contributed by atoms with Gasteiger partial charge in [0.1, 0.15) is 0 Å². The van der Waals surface area contributed by atoms with Gasteiger partial charge in [0.2, 0.25) is 12.3 Å². The van der Waals surface area contributed by atoms with Gasteiger partial charge in [-0.15, -0.1) is 0 Å². The van der Waals surface area contributed by atoms with E-state index in [1.54, 1.807) is 6.92 Å². The summed E-state index contributed by atoms with van der Waals surface area (Å²) in [5, 5.41) is 2.35. The predicted molar refractivity (Wildman–Crippen MR) is 32.4 cm³/mol. The fourth-order valence-electron chi connectivity index (χ4n) is 0.325. The molecule has 0 aliphatic heterocycles. The van der Waals surface area contributed by atoms with Crippen LogP contribution in [-0.4, -0.2) is 18.9 Å². The van der Waals surface area contributed by atoms with Crippen LogP contribution in [0.5, 0.6) is 0 Å². The van der Waals surface area contributed by atoms with Crippen molar-refractivity contribution in [2.75, 3.05) is 6.54 Å². The zero-order chi connectivity index (χ0) is 7.28. The number of carbonyl (C=O) groups excluding carboxylic acids is 2. The molecule has 0 saturated heterocycles. The summed E-state index contributed by atoms with van der Waals surface area (Å²) in [7, 11) is 0. The zero-order valence-electron chi connectivity index (χ0n) is 5.26. The summed E-state index contributed by atoms with van der Waals surface area (Å²) in [5.41, 5.74) is 4.88. The third-order valence-corrected chi connectivity index (χ3v) is 0.993. The van der Waals surface area contributed by atoms with E-state index in [2.05, 4.69) is 5.32 Å². The van der Waals surface area contributed by atoms with Crippen LogP contribution in [0.1, 0.15) is 6.92 Å². The average Bonchev–Trinajstić information content (AvgIpc) is 1.82. The molecule has 2 amide bonds. The first kappa shape index (κ1) is 7.94. The topological polar surface area (TPSA) is 72.2 Å². The van der Waals surface area contributed by atoms with E-state index in [1.165, 1.54) is 0 Å². The van der Waals surface area contributed by atoms with Gasteiger partial charge in [-0.2, -0.15) is 0 Å². The lowest BCUT2D eigenvalue weighted by molar-refractivity contribution is -0.121. The SMILES string of the molecule is CC(CNC=O)C(N)=O. The van der Waals surface area contributed by atoms with Crippen LogP contribution in [0.15, 0.2) is 0 Å². The largest absolute Gasteiger partial charge is 0.369 e. The lowest BCUT2D eigenvalue weighted by Gasteiger charge is -2.03. The summed E-state index contributed by atoms with van der Waals surface area (Å²) >= 11 is 0. The second-order valence-electron chi connectivity index (χ2n) is 1.83. The van der Waals surface area contributed by atoms with E-state index < -0.39 is 5.91 Å². The monoisotopic (exact) mass is 130 g/mol. The van der Waals surface area contributed by atoms with Crippen molar-refractivity contribution in [3.8, 4) is 0 Å². The highest BCUT2D eigenvalue weighted by Crippen LogP contribution is 1.87. The summed E-state index contributed by atoms with van der Waals surface area (Å²) in [6.07, 6.45) is 0.541. The molecule has 52 valence electrons. The van der Waals surface area contributed by atoms with Crippen molar-refractivity contribution in [3.05, 3.63) is 0 Å². The Labute approximate surface area is 53.4 Å². The summed E-state index contributed by atoms with van der Waals surface area (Å²) < 4.78 is 0. The number of hydrogen-bond donors (Lipinski definition) is 2. The van der Waals surface area contributed by atoms with E-state index in [0.29, 0.717) is 13.0 Å². The molecule has 0 radical (unpaired) electrons. The summed E-state index contributed by atoms with van der Waals surface area (Å²) in [6.45, 7) is 1.97. The third kappa shape index (κ3) is 3.52. The molecule has 1 unspecified atom stereocenters. The first-order valence-corrected chi connectivity index (χ1v) is 2.65. The van der Waals surface area contributed by atoms with Crippen molar-refractivity contribution < 1.29 is 9.59 Å². The molecule has 0 aliphatic rings. The first-order chi connectivity index (χ1) is 4.18. The quantitative estimate of drug-likeness (QED) is 0.472. The van der Waals surface area contributed by atoms with Crippen molar-refractivity contribution in [1.29, 1.82) is 0 Å². The third-order valence-electron chi connectivity index (χ3n) is 0.993. The molecule has 0 aromatic rings. The average molecular weight is 130 g/mol. The molecule has 0 rings (SSSR count). The minimum atomic E-state index is -0.399. The maximum atomic E-state index is 10.3. The Kier molecular flexibility index (Phi) is 3.43. The molecule has 0 aromatic heterocycles. The number of rotatable bonds is 4. The number of carbonyl (C=O) groups is 2. The standard InChI is InChI=1S/C5H10N2O2/c1-4(5(6)9)2-7-3-8/h3-4H,2H2,1H3,(H2,6,9)(H,7,8). The van der Waals surface area contributed by atoms with Crippen LogP contribution in [0, 0.1) is 5.92 Å². The van der Waals surface area contributed by atoms with E-state index in [1.807, 2.05) is 0 Å². The van der Waals surface area contributed by atoms with Gasteiger partial charge in [0.15, 0.2) is 0 Å². The van der Waals surface area contributed by atoms with Crippen LogP contribution >= 0.6 is 0 Å². The Morgan fingerprint density at radius 2 is 2.44 bits per heavy atom. The molecule has 0 heterocycles. The summed E-state index contributed by atoms with van der Waals surface area (Å²) in [4.78, 5) is 19.9. The fourth-order valence-corrected chi connectivity index (χ4v) is 0.325. The lowest BCUT2D eigenvalue weighted by Crippen LogP contribution is -2.30. The number of hydrogen-bond acceptors (Lipinski definition) is 2. The second kappa shape index (κ2) is 3.88. The Morgan fingerprint density at radius 1 is 1.89 bits per heavy atom. The van der Waals surface area contributed by atoms with Crippen LogP contribution in [0.3, 0.4) is 0 Å². The maximum Gasteiger partial charge on any atom is 0.222 e. The van der Waals surface area contributed by atoms with E-state index >= 15 is 0 Å². The highest BCUT2D eigenvalue weighted by atomic mass is 16.1. The van der Waals surface area contributed by atoms with Gasteiger partial charge in [-0.25, -0.2) is 0 Å². The minimum absolute atomic E-state index is 0.282. The van der Waals surface area contributed by atoms with Gasteiger partial charge in [-0.3, -0.25) is 9.59 Å². The molecule has 1 atom stereocenters. The predicted octanol–water partition coefficient (Wildman–Crippen LogP) is -1.15. The van der Waals surface area contributed by atoms with Crippen molar-refractivity contribution in [2.45, 2.75) is 6.92 Å². The smallest absolute Gasteiger partial charge is 0.222 e. The van der Waals surface area contributed by atoms with Gasteiger partial charge in [-0.1, -0.05) is 6.92 Å².